The van der Waals surface area contributed by atoms with Crippen LogP contribution >= 0.6 is 15.9 Å². The lowest BCUT2D eigenvalue weighted by atomic mass is 10.1. The van der Waals surface area contributed by atoms with Crippen molar-refractivity contribution in [2.24, 2.45) is 5.41 Å². The molecule has 1 fully saturated rings. The summed E-state index contributed by atoms with van der Waals surface area (Å²) in [5.74, 6) is 0.809. The maximum atomic E-state index is 9.13. The van der Waals surface area contributed by atoms with Gasteiger partial charge in [-0.2, -0.15) is 5.26 Å². The Morgan fingerprint density at radius 3 is 2.68 bits per heavy atom. The third kappa shape index (κ3) is 2.66. The molecule has 1 aliphatic carbocycles. The van der Waals surface area contributed by atoms with Gasteiger partial charge >= 0.3 is 0 Å². The zero-order chi connectivity index (χ0) is 13.3. The maximum absolute atomic E-state index is 9.13. The molecule has 0 aliphatic heterocycles. The van der Waals surface area contributed by atoms with E-state index in [2.05, 4.69) is 37.5 Å². The van der Waals surface area contributed by atoms with E-state index in [-0.39, 0.29) is 5.41 Å². The fourth-order valence-electron chi connectivity index (χ4n) is 2.00. The highest BCUT2D eigenvalue weighted by atomic mass is 79.9. The Kier molecular flexibility index (Phi) is 3.07. The van der Waals surface area contributed by atoms with Gasteiger partial charge in [-0.25, -0.2) is 4.68 Å². The van der Waals surface area contributed by atoms with E-state index < -0.39 is 0 Å². The normalized spacial score (nSPS) is 16.0. The molecule has 5 nitrogen and oxygen atoms in total. The smallest absolute Gasteiger partial charge is 0.155 e. The quantitative estimate of drug-likeness (QED) is 0.868. The topological polar surface area (TPSA) is 67.4 Å². The first-order valence-corrected chi connectivity index (χ1v) is 6.91. The second-order valence-electron chi connectivity index (χ2n) is 4.95. The predicted octanol–water partition coefficient (Wildman–Crippen LogP) is 2.33. The predicted molar refractivity (Wildman–Crippen MR) is 72.0 cm³/mol. The summed E-state index contributed by atoms with van der Waals surface area (Å²) < 4.78 is 2.82. The molecule has 0 bridgehead atoms. The Labute approximate surface area is 119 Å². The SMILES string of the molecule is N#CC1(Cn2nnnc2Cc2ccc(Br)cc2)CC1. The van der Waals surface area contributed by atoms with Crippen molar-refractivity contribution in [3.63, 3.8) is 0 Å². The van der Waals surface area contributed by atoms with Gasteiger partial charge in [-0.1, -0.05) is 28.1 Å². The zero-order valence-electron chi connectivity index (χ0n) is 10.3. The number of rotatable bonds is 4. The van der Waals surface area contributed by atoms with Crippen molar-refractivity contribution in [3.05, 3.63) is 40.1 Å². The average molecular weight is 318 g/mol. The monoisotopic (exact) mass is 317 g/mol. The Balaban J connectivity index is 1.77. The van der Waals surface area contributed by atoms with Crippen LogP contribution in [0.4, 0.5) is 0 Å². The summed E-state index contributed by atoms with van der Waals surface area (Å²) in [5.41, 5.74) is 0.921. The first-order chi connectivity index (χ1) is 9.21. The molecule has 0 N–H and O–H groups in total. The van der Waals surface area contributed by atoms with Crippen LogP contribution in [-0.2, 0) is 13.0 Å². The minimum atomic E-state index is -0.232. The number of nitriles is 1. The number of aromatic nitrogens is 4. The van der Waals surface area contributed by atoms with E-state index in [4.69, 9.17) is 5.26 Å². The van der Waals surface area contributed by atoms with Gasteiger partial charge in [0.2, 0.25) is 0 Å². The molecule has 0 saturated heterocycles. The van der Waals surface area contributed by atoms with Gasteiger partial charge in [0.1, 0.15) is 0 Å². The van der Waals surface area contributed by atoms with Gasteiger partial charge in [-0.3, -0.25) is 0 Å². The van der Waals surface area contributed by atoms with E-state index in [0.717, 1.165) is 28.7 Å². The lowest BCUT2D eigenvalue weighted by Gasteiger charge is -2.07. The van der Waals surface area contributed by atoms with Gasteiger partial charge in [-0.05, 0) is 41.0 Å². The minimum absolute atomic E-state index is 0.232. The second kappa shape index (κ2) is 4.74. The standard InChI is InChI=1S/C13H12BrN5/c14-11-3-1-10(2-4-11)7-12-16-17-18-19(12)9-13(8-15)5-6-13/h1-4H,5-7,9H2. The molecule has 0 spiro atoms. The molecule has 19 heavy (non-hydrogen) atoms. The molecule has 96 valence electrons. The molecular weight excluding hydrogens is 306 g/mol. The molecule has 0 atom stereocenters. The lowest BCUT2D eigenvalue weighted by molar-refractivity contribution is 0.462. The summed E-state index contributed by atoms with van der Waals surface area (Å²) in [5, 5.41) is 20.9. The van der Waals surface area contributed by atoms with Crippen LogP contribution < -0.4 is 0 Å². The summed E-state index contributed by atoms with van der Waals surface area (Å²) in [7, 11) is 0. The lowest BCUT2D eigenvalue weighted by Crippen LogP contribution is -2.14. The van der Waals surface area contributed by atoms with Crippen molar-refractivity contribution in [1.29, 1.82) is 5.26 Å². The number of halogens is 1. The first kappa shape index (κ1) is 12.3. The second-order valence-corrected chi connectivity index (χ2v) is 5.86. The highest BCUT2D eigenvalue weighted by Gasteiger charge is 2.44. The van der Waals surface area contributed by atoms with Gasteiger partial charge in [0.15, 0.2) is 5.82 Å². The molecule has 1 saturated carbocycles. The Morgan fingerprint density at radius 2 is 2.05 bits per heavy atom. The van der Waals surface area contributed by atoms with E-state index >= 15 is 0 Å². The number of benzene rings is 1. The van der Waals surface area contributed by atoms with E-state index in [0.29, 0.717) is 13.0 Å². The highest BCUT2D eigenvalue weighted by molar-refractivity contribution is 9.10. The fraction of sp³-hybridized carbons (Fsp3) is 0.385. The molecule has 1 aromatic carbocycles. The number of tetrazole rings is 1. The summed E-state index contributed by atoms with van der Waals surface area (Å²) in [6.07, 6.45) is 2.57. The van der Waals surface area contributed by atoms with E-state index in [1.807, 2.05) is 24.3 Å². The van der Waals surface area contributed by atoms with Crippen molar-refractivity contribution < 1.29 is 0 Å². The van der Waals surface area contributed by atoms with Gasteiger partial charge in [0, 0.05) is 10.9 Å². The molecule has 2 aromatic rings. The molecule has 1 heterocycles. The van der Waals surface area contributed by atoms with Gasteiger partial charge in [-0.15, -0.1) is 5.10 Å². The summed E-state index contributed by atoms with van der Waals surface area (Å²) in [4.78, 5) is 0. The van der Waals surface area contributed by atoms with Gasteiger partial charge < -0.3 is 0 Å². The number of nitrogens with zero attached hydrogens (tertiary/aromatic N) is 5. The molecular formula is C13H12BrN5. The Bertz CT molecular complexity index is 621. The summed E-state index contributed by atoms with van der Waals surface area (Å²) in [6, 6.07) is 10.5. The zero-order valence-corrected chi connectivity index (χ0v) is 11.8. The fourth-order valence-corrected chi connectivity index (χ4v) is 2.26. The molecule has 0 radical (unpaired) electrons. The van der Waals surface area contributed by atoms with E-state index in [1.54, 1.807) is 4.68 Å². The Morgan fingerprint density at radius 1 is 1.32 bits per heavy atom. The number of hydrogen-bond donors (Lipinski definition) is 0. The van der Waals surface area contributed by atoms with E-state index in [9.17, 15) is 0 Å². The van der Waals surface area contributed by atoms with Crippen LogP contribution in [0.25, 0.3) is 0 Å². The van der Waals surface area contributed by atoms with Crippen LogP contribution in [0.5, 0.6) is 0 Å². The molecule has 0 amide bonds. The highest BCUT2D eigenvalue weighted by Crippen LogP contribution is 2.46. The average Bonchev–Trinajstić information content (AvgIpc) is 3.07. The molecule has 6 heteroatoms. The van der Waals surface area contributed by atoms with Crippen molar-refractivity contribution in [3.8, 4) is 6.07 Å². The number of hydrogen-bond acceptors (Lipinski definition) is 4. The molecule has 1 aliphatic rings. The molecule has 3 rings (SSSR count). The molecule has 0 unspecified atom stereocenters. The maximum Gasteiger partial charge on any atom is 0.155 e. The van der Waals surface area contributed by atoms with Crippen molar-refractivity contribution in [1.82, 2.24) is 20.2 Å². The largest absolute Gasteiger partial charge is 0.228 e. The van der Waals surface area contributed by atoms with Crippen LogP contribution in [-0.4, -0.2) is 20.2 Å². The molecule has 1 aromatic heterocycles. The van der Waals surface area contributed by atoms with Crippen LogP contribution in [0.15, 0.2) is 28.7 Å². The van der Waals surface area contributed by atoms with Crippen LogP contribution in [0.1, 0.15) is 24.2 Å². The van der Waals surface area contributed by atoms with Gasteiger partial charge in [0.25, 0.3) is 0 Å². The van der Waals surface area contributed by atoms with Crippen molar-refractivity contribution in [2.75, 3.05) is 0 Å². The third-order valence-corrected chi connectivity index (χ3v) is 3.95. The Hall–Kier alpha value is -1.74. The summed E-state index contributed by atoms with van der Waals surface area (Å²) in [6.45, 7) is 0.600. The first-order valence-electron chi connectivity index (χ1n) is 6.12. The minimum Gasteiger partial charge on any atom is -0.228 e. The van der Waals surface area contributed by atoms with Crippen LogP contribution in [0.3, 0.4) is 0 Å². The van der Waals surface area contributed by atoms with Crippen LogP contribution in [0, 0.1) is 16.7 Å². The van der Waals surface area contributed by atoms with Crippen molar-refractivity contribution in [2.45, 2.75) is 25.8 Å². The summed E-state index contributed by atoms with van der Waals surface area (Å²) >= 11 is 3.41. The third-order valence-electron chi connectivity index (χ3n) is 3.42. The van der Waals surface area contributed by atoms with Crippen LogP contribution in [0.2, 0.25) is 0 Å². The van der Waals surface area contributed by atoms with Crippen molar-refractivity contribution >= 4 is 15.9 Å². The van der Waals surface area contributed by atoms with E-state index in [1.165, 1.54) is 0 Å². The van der Waals surface area contributed by atoms with Gasteiger partial charge in [0.05, 0.1) is 18.0 Å².